The molecular weight excluding hydrogens is 286 g/mol. The second-order valence-corrected chi connectivity index (χ2v) is 5.21. The number of nitrogens with zero attached hydrogens (tertiary/aromatic N) is 1. The van der Waals surface area contributed by atoms with E-state index in [2.05, 4.69) is 20.3 Å². The number of rotatable bonds is 3. The number of anilines is 1. The number of aliphatic hydroxyl groups is 1. The van der Waals surface area contributed by atoms with Crippen LogP contribution in [0, 0.1) is 0 Å². The average molecular weight is 301 g/mol. The summed E-state index contributed by atoms with van der Waals surface area (Å²) < 4.78 is 4.56. The monoisotopic (exact) mass is 301 g/mol. The Balaban J connectivity index is 1.60. The van der Waals surface area contributed by atoms with Crippen LogP contribution in [0.15, 0.2) is 41.1 Å². The van der Waals surface area contributed by atoms with E-state index in [0.717, 1.165) is 17.5 Å². The minimum absolute atomic E-state index is 0.0188. The Morgan fingerprint density at radius 2 is 2.09 bits per heavy atom. The first-order valence-corrected chi connectivity index (χ1v) is 6.89. The van der Waals surface area contributed by atoms with Crippen LogP contribution in [0.2, 0.25) is 0 Å². The standard InChI is InChI=1S/C15H15N3O4/c19-13(14(20)17-12-6-8-22-18-12)16-9-15(21)7-5-10-3-1-2-4-11(10)15/h1-4,6,8,21H,5,7,9H2,(H,16,19)(H,17,18,20). The van der Waals surface area contributed by atoms with E-state index in [1.165, 1.54) is 12.3 Å². The van der Waals surface area contributed by atoms with Gasteiger partial charge < -0.3 is 14.9 Å². The molecule has 114 valence electrons. The number of carbonyl (C=O) groups is 2. The second-order valence-electron chi connectivity index (χ2n) is 5.21. The maximum absolute atomic E-state index is 11.8. The molecule has 1 aliphatic carbocycles. The fourth-order valence-corrected chi connectivity index (χ4v) is 2.61. The van der Waals surface area contributed by atoms with Crippen molar-refractivity contribution >= 4 is 17.6 Å². The van der Waals surface area contributed by atoms with Gasteiger partial charge in [-0.1, -0.05) is 29.4 Å². The first-order chi connectivity index (χ1) is 10.6. The first-order valence-electron chi connectivity index (χ1n) is 6.89. The summed E-state index contributed by atoms with van der Waals surface area (Å²) in [5.41, 5.74) is 0.721. The van der Waals surface area contributed by atoms with Gasteiger partial charge in [0.05, 0.1) is 6.54 Å². The van der Waals surface area contributed by atoms with Gasteiger partial charge in [0.2, 0.25) is 0 Å². The number of aromatic nitrogens is 1. The van der Waals surface area contributed by atoms with E-state index in [9.17, 15) is 14.7 Å². The predicted octanol–water partition coefficient (Wildman–Crippen LogP) is 0.563. The van der Waals surface area contributed by atoms with Gasteiger partial charge in [0.15, 0.2) is 5.82 Å². The Hall–Kier alpha value is -2.67. The number of carbonyl (C=O) groups excluding carboxylic acids is 2. The van der Waals surface area contributed by atoms with Gasteiger partial charge in [-0.25, -0.2) is 0 Å². The van der Waals surface area contributed by atoms with Crippen LogP contribution in [-0.4, -0.2) is 28.6 Å². The molecule has 0 saturated heterocycles. The quantitative estimate of drug-likeness (QED) is 0.719. The minimum atomic E-state index is -1.14. The van der Waals surface area contributed by atoms with Crippen molar-refractivity contribution in [3.63, 3.8) is 0 Å². The first kappa shape index (κ1) is 14.3. The number of benzene rings is 1. The summed E-state index contributed by atoms with van der Waals surface area (Å²) >= 11 is 0. The molecule has 22 heavy (non-hydrogen) atoms. The second kappa shape index (κ2) is 5.61. The molecule has 0 saturated carbocycles. The highest BCUT2D eigenvalue weighted by Gasteiger charge is 2.37. The molecule has 7 nitrogen and oxygen atoms in total. The van der Waals surface area contributed by atoms with E-state index in [1.54, 1.807) is 0 Å². The van der Waals surface area contributed by atoms with E-state index in [0.29, 0.717) is 6.42 Å². The molecule has 1 unspecified atom stereocenters. The van der Waals surface area contributed by atoms with E-state index < -0.39 is 17.4 Å². The number of amides is 2. The zero-order chi connectivity index (χ0) is 15.6. The molecule has 7 heteroatoms. The molecule has 3 rings (SSSR count). The molecule has 0 aliphatic heterocycles. The number of fused-ring (bicyclic) bond motifs is 1. The SMILES string of the molecule is O=C(NCC1(O)CCc2ccccc21)C(=O)Nc1ccon1. The molecule has 0 bridgehead atoms. The fourth-order valence-electron chi connectivity index (χ4n) is 2.61. The average Bonchev–Trinajstić information content (AvgIpc) is 3.14. The molecule has 1 aromatic carbocycles. The maximum Gasteiger partial charge on any atom is 0.314 e. The summed E-state index contributed by atoms with van der Waals surface area (Å²) in [6, 6.07) is 8.96. The van der Waals surface area contributed by atoms with Crippen molar-refractivity contribution in [2.24, 2.45) is 0 Å². The Kier molecular flexibility index (Phi) is 3.64. The van der Waals surface area contributed by atoms with Crippen LogP contribution in [0.25, 0.3) is 0 Å². The summed E-state index contributed by atoms with van der Waals surface area (Å²) in [5, 5.41) is 18.9. The number of nitrogens with one attached hydrogen (secondary N) is 2. The molecule has 0 radical (unpaired) electrons. The lowest BCUT2D eigenvalue weighted by Crippen LogP contribution is -2.43. The van der Waals surface area contributed by atoms with Crippen molar-refractivity contribution in [3.05, 3.63) is 47.7 Å². The molecule has 1 aromatic heterocycles. The Morgan fingerprint density at radius 3 is 2.86 bits per heavy atom. The molecule has 2 amide bonds. The number of aryl methyl sites for hydroxylation is 1. The Bertz CT molecular complexity index is 699. The largest absolute Gasteiger partial charge is 0.383 e. The summed E-state index contributed by atoms with van der Waals surface area (Å²) in [4.78, 5) is 23.5. The summed E-state index contributed by atoms with van der Waals surface area (Å²) in [6.45, 7) is -0.0188. The van der Waals surface area contributed by atoms with Crippen LogP contribution >= 0.6 is 0 Å². The smallest absolute Gasteiger partial charge is 0.314 e. The third kappa shape index (κ3) is 2.71. The van der Waals surface area contributed by atoms with Crippen LogP contribution in [0.3, 0.4) is 0 Å². The van der Waals surface area contributed by atoms with Gasteiger partial charge in [-0.15, -0.1) is 0 Å². The highest BCUT2D eigenvalue weighted by Crippen LogP contribution is 2.36. The molecular formula is C15H15N3O4. The van der Waals surface area contributed by atoms with Crippen LogP contribution in [0.5, 0.6) is 0 Å². The molecule has 1 heterocycles. The predicted molar refractivity (Wildman–Crippen MR) is 76.8 cm³/mol. The molecule has 2 aromatic rings. The van der Waals surface area contributed by atoms with Gasteiger partial charge in [0.25, 0.3) is 0 Å². The normalized spacial score (nSPS) is 19.5. The van der Waals surface area contributed by atoms with Crippen molar-refractivity contribution in [1.29, 1.82) is 0 Å². The van der Waals surface area contributed by atoms with E-state index in [-0.39, 0.29) is 12.4 Å². The van der Waals surface area contributed by atoms with Gasteiger partial charge in [-0.2, -0.15) is 0 Å². The zero-order valence-corrected chi connectivity index (χ0v) is 11.7. The fraction of sp³-hybridized carbons (Fsp3) is 0.267. The lowest BCUT2D eigenvalue weighted by molar-refractivity contribution is -0.136. The van der Waals surface area contributed by atoms with Gasteiger partial charge in [-0.05, 0) is 24.0 Å². The highest BCUT2D eigenvalue weighted by molar-refractivity contribution is 6.39. The highest BCUT2D eigenvalue weighted by atomic mass is 16.5. The Labute approximate surface area is 126 Å². The van der Waals surface area contributed by atoms with Crippen molar-refractivity contribution in [2.75, 3.05) is 11.9 Å². The molecule has 0 fully saturated rings. The van der Waals surface area contributed by atoms with Gasteiger partial charge >= 0.3 is 11.8 Å². The zero-order valence-electron chi connectivity index (χ0n) is 11.7. The molecule has 3 N–H and O–H groups in total. The maximum atomic E-state index is 11.8. The van der Waals surface area contributed by atoms with Crippen molar-refractivity contribution in [3.8, 4) is 0 Å². The van der Waals surface area contributed by atoms with E-state index in [4.69, 9.17) is 0 Å². The lowest BCUT2D eigenvalue weighted by atomic mass is 9.96. The summed E-state index contributed by atoms with van der Waals surface area (Å²) in [5.74, 6) is -1.53. The lowest BCUT2D eigenvalue weighted by Gasteiger charge is -2.24. The summed E-state index contributed by atoms with van der Waals surface area (Å²) in [6.07, 6.45) is 2.54. The third-order valence-electron chi connectivity index (χ3n) is 3.75. The minimum Gasteiger partial charge on any atom is -0.383 e. The molecule has 0 spiro atoms. The van der Waals surface area contributed by atoms with Gasteiger partial charge in [-0.3, -0.25) is 14.9 Å². The van der Waals surface area contributed by atoms with Crippen LogP contribution < -0.4 is 10.6 Å². The van der Waals surface area contributed by atoms with Crippen molar-refractivity contribution in [1.82, 2.24) is 10.5 Å². The third-order valence-corrected chi connectivity index (χ3v) is 3.75. The summed E-state index contributed by atoms with van der Waals surface area (Å²) in [7, 11) is 0. The number of hydrogen-bond donors (Lipinski definition) is 3. The van der Waals surface area contributed by atoms with Crippen molar-refractivity contribution < 1.29 is 19.2 Å². The van der Waals surface area contributed by atoms with Crippen molar-refractivity contribution in [2.45, 2.75) is 18.4 Å². The van der Waals surface area contributed by atoms with E-state index in [1.807, 2.05) is 24.3 Å². The van der Waals surface area contributed by atoms with Crippen LogP contribution in [0.1, 0.15) is 17.5 Å². The number of hydrogen-bond acceptors (Lipinski definition) is 5. The Morgan fingerprint density at radius 1 is 1.27 bits per heavy atom. The van der Waals surface area contributed by atoms with E-state index >= 15 is 0 Å². The van der Waals surface area contributed by atoms with Crippen LogP contribution in [-0.2, 0) is 21.6 Å². The van der Waals surface area contributed by atoms with Crippen LogP contribution in [0.4, 0.5) is 5.82 Å². The molecule has 1 atom stereocenters. The molecule has 1 aliphatic rings. The topological polar surface area (TPSA) is 104 Å². The van der Waals surface area contributed by atoms with Gasteiger partial charge in [0.1, 0.15) is 11.9 Å². The van der Waals surface area contributed by atoms with Gasteiger partial charge in [0, 0.05) is 6.07 Å².